The fraction of sp³-hybridized carbons (Fsp3) is 0.138. The average Bonchev–Trinajstić information content (AvgIpc) is 2.95. The molecule has 10 heteroatoms. The lowest BCUT2D eigenvalue weighted by Gasteiger charge is -2.14. The number of benzene rings is 3. The topological polar surface area (TPSA) is 146 Å². The Morgan fingerprint density at radius 2 is 1.46 bits per heavy atom. The second-order valence-corrected chi connectivity index (χ2v) is 8.17. The molecule has 0 aliphatic heterocycles. The van der Waals surface area contributed by atoms with Crippen LogP contribution in [0.2, 0.25) is 0 Å². The number of anilines is 1. The highest BCUT2D eigenvalue weighted by Crippen LogP contribution is 2.09. The van der Waals surface area contributed by atoms with Crippen molar-refractivity contribution in [1.29, 1.82) is 0 Å². The molecule has 0 saturated carbocycles. The van der Waals surface area contributed by atoms with Crippen LogP contribution in [0.25, 0.3) is 0 Å². The largest absolute Gasteiger partial charge is 0.339 e. The van der Waals surface area contributed by atoms with E-state index in [2.05, 4.69) is 39.6 Å². The van der Waals surface area contributed by atoms with Crippen molar-refractivity contribution in [1.82, 2.24) is 16.1 Å². The minimum absolute atomic E-state index is 0.106. The highest BCUT2D eigenvalue weighted by atomic mass is 19.1. The molecule has 0 aliphatic carbocycles. The molecule has 0 spiro atoms. The number of carbonyl (C=O) groups excluding carboxylic acids is 3. The molecule has 9 nitrogen and oxygen atoms in total. The second kappa shape index (κ2) is 14.7. The summed E-state index contributed by atoms with van der Waals surface area (Å²) in [5, 5.41) is 16.9. The number of rotatable bonds is 9. The van der Waals surface area contributed by atoms with Crippen molar-refractivity contribution in [2.45, 2.75) is 12.6 Å². The van der Waals surface area contributed by atoms with E-state index in [1.165, 1.54) is 17.6 Å². The summed E-state index contributed by atoms with van der Waals surface area (Å²) < 4.78 is 12.9. The number of hydroxylamine groups is 1. The van der Waals surface area contributed by atoms with Crippen molar-refractivity contribution < 1.29 is 24.0 Å². The lowest BCUT2D eigenvalue weighted by Crippen LogP contribution is -2.50. The minimum Gasteiger partial charge on any atom is -0.339 e. The van der Waals surface area contributed by atoms with Crippen LogP contribution in [0.15, 0.2) is 72.8 Å². The third kappa shape index (κ3) is 9.43. The van der Waals surface area contributed by atoms with E-state index in [0.29, 0.717) is 28.9 Å². The predicted molar refractivity (Wildman–Crippen MR) is 144 cm³/mol. The zero-order valence-electron chi connectivity index (χ0n) is 20.8. The minimum atomic E-state index is -1.06. The van der Waals surface area contributed by atoms with Gasteiger partial charge in [0.25, 0.3) is 11.8 Å². The monoisotopic (exact) mass is 527 g/mol. The van der Waals surface area contributed by atoms with Crippen LogP contribution in [0.5, 0.6) is 0 Å². The second-order valence-electron chi connectivity index (χ2n) is 8.17. The lowest BCUT2D eigenvalue weighted by atomic mass is 10.1. The van der Waals surface area contributed by atoms with Gasteiger partial charge in [-0.25, -0.2) is 9.87 Å². The molecule has 39 heavy (non-hydrogen) atoms. The van der Waals surface area contributed by atoms with E-state index in [0.717, 1.165) is 5.56 Å². The van der Waals surface area contributed by atoms with Crippen molar-refractivity contribution in [3.63, 3.8) is 0 Å². The standard InChI is InChI=1S/C29H26FN5O4/c30-24-13-7-22(8-14-24)18-32-19-27(36)33-25-15-9-21(10-16-25)4-2-1-3-20-5-11-23(12-6-20)28(37)34-26(17-31)29(38)35-39/h5-16,26,32,39H,17-19,31H2,(H,33,36)(H,34,37)(H,35,38)/t26-/m0/s1. The van der Waals surface area contributed by atoms with Gasteiger partial charge in [-0.2, -0.15) is 0 Å². The molecule has 0 fully saturated rings. The van der Waals surface area contributed by atoms with Crippen LogP contribution in [-0.2, 0) is 16.1 Å². The van der Waals surface area contributed by atoms with Crippen LogP contribution in [0.3, 0.4) is 0 Å². The molecule has 3 aromatic carbocycles. The Hall–Kier alpha value is -5.00. The van der Waals surface area contributed by atoms with Gasteiger partial charge in [-0.15, -0.1) is 0 Å². The van der Waals surface area contributed by atoms with Crippen molar-refractivity contribution >= 4 is 23.4 Å². The highest BCUT2D eigenvalue weighted by Gasteiger charge is 2.19. The van der Waals surface area contributed by atoms with E-state index in [1.807, 2.05) is 0 Å². The van der Waals surface area contributed by atoms with Gasteiger partial charge < -0.3 is 21.7 Å². The first-order chi connectivity index (χ1) is 18.9. The van der Waals surface area contributed by atoms with Crippen LogP contribution in [0.1, 0.15) is 27.0 Å². The zero-order valence-corrected chi connectivity index (χ0v) is 20.8. The van der Waals surface area contributed by atoms with Gasteiger partial charge >= 0.3 is 0 Å². The maximum atomic E-state index is 12.9. The van der Waals surface area contributed by atoms with Crippen molar-refractivity contribution in [3.05, 3.63) is 101 Å². The van der Waals surface area contributed by atoms with Gasteiger partial charge in [0.05, 0.1) is 6.54 Å². The number of nitrogens with one attached hydrogen (secondary N) is 4. The van der Waals surface area contributed by atoms with Gasteiger partial charge in [0.2, 0.25) is 5.91 Å². The Labute approximate surface area is 224 Å². The van der Waals surface area contributed by atoms with E-state index >= 15 is 0 Å². The molecule has 7 N–H and O–H groups in total. The number of nitrogens with two attached hydrogens (primary N) is 1. The predicted octanol–water partition coefficient (Wildman–Crippen LogP) is 1.52. The molecule has 0 unspecified atom stereocenters. The molecule has 3 rings (SSSR count). The molecule has 0 saturated heterocycles. The Bertz CT molecular complexity index is 1420. The summed E-state index contributed by atoms with van der Waals surface area (Å²) >= 11 is 0. The summed E-state index contributed by atoms with van der Waals surface area (Å²) in [5.41, 5.74) is 10.0. The average molecular weight is 528 g/mol. The van der Waals surface area contributed by atoms with E-state index < -0.39 is 17.9 Å². The first-order valence-electron chi connectivity index (χ1n) is 11.8. The zero-order chi connectivity index (χ0) is 28.0. The van der Waals surface area contributed by atoms with Gasteiger partial charge in [-0.3, -0.25) is 19.6 Å². The molecule has 0 aliphatic rings. The van der Waals surface area contributed by atoms with E-state index in [-0.39, 0.29) is 24.8 Å². The molecule has 0 aromatic heterocycles. The first-order valence-corrected chi connectivity index (χ1v) is 11.8. The maximum absolute atomic E-state index is 12.9. The Morgan fingerprint density at radius 3 is 2.03 bits per heavy atom. The van der Waals surface area contributed by atoms with Gasteiger partial charge in [0.15, 0.2) is 0 Å². The molecule has 0 heterocycles. The summed E-state index contributed by atoms with van der Waals surface area (Å²) in [7, 11) is 0. The van der Waals surface area contributed by atoms with Crippen molar-refractivity contribution in [3.8, 4) is 23.7 Å². The van der Waals surface area contributed by atoms with Crippen LogP contribution >= 0.6 is 0 Å². The molecular weight excluding hydrogens is 501 g/mol. The Kier molecular flexibility index (Phi) is 10.7. The Balaban J connectivity index is 1.46. The fourth-order valence-corrected chi connectivity index (χ4v) is 3.23. The van der Waals surface area contributed by atoms with Gasteiger partial charge in [0.1, 0.15) is 11.9 Å². The number of amides is 3. The number of carbonyl (C=O) groups is 3. The number of halogens is 1. The molecule has 1 atom stereocenters. The van der Waals surface area contributed by atoms with E-state index in [1.54, 1.807) is 60.7 Å². The fourth-order valence-electron chi connectivity index (χ4n) is 3.23. The summed E-state index contributed by atoms with van der Waals surface area (Å²) in [6.45, 7) is 0.383. The molecule has 3 amide bonds. The van der Waals surface area contributed by atoms with Crippen molar-refractivity contribution in [2.75, 3.05) is 18.4 Å². The summed E-state index contributed by atoms with van der Waals surface area (Å²) in [6.07, 6.45) is 0. The Morgan fingerprint density at radius 1 is 0.872 bits per heavy atom. The first kappa shape index (κ1) is 28.6. The number of hydrogen-bond acceptors (Lipinski definition) is 6. The van der Waals surface area contributed by atoms with Crippen LogP contribution < -0.4 is 27.2 Å². The van der Waals surface area contributed by atoms with Gasteiger partial charge in [-0.05, 0) is 78.1 Å². The van der Waals surface area contributed by atoms with Crippen LogP contribution in [0.4, 0.5) is 10.1 Å². The summed E-state index contributed by atoms with van der Waals surface area (Å²) in [4.78, 5) is 35.8. The summed E-state index contributed by atoms with van der Waals surface area (Å²) in [6, 6.07) is 18.4. The van der Waals surface area contributed by atoms with Crippen LogP contribution in [0, 0.1) is 29.5 Å². The lowest BCUT2D eigenvalue weighted by molar-refractivity contribution is -0.130. The van der Waals surface area contributed by atoms with Crippen LogP contribution in [-0.4, -0.2) is 42.1 Å². The smallest absolute Gasteiger partial charge is 0.267 e. The molecule has 3 aromatic rings. The quantitative estimate of drug-likeness (QED) is 0.141. The third-order valence-corrected chi connectivity index (χ3v) is 5.29. The third-order valence-electron chi connectivity index (χ3n) is 5.29. The van der Waals surface area contributed by atoms with E-state index in [4.69, 9.17) is 10.9 Å². The van der Waals surface area contributed by atoms with Crippen molar-refractivity contribution in [2.24, 2.45) is 5.73 Å². The molecule has 0 bridgehead atoms. The number of hydrogen-bond donors (Lipinski definition) is 6. The summed E-state index contributed by atoms with van der Waals surface area (Å²) in [5.74, 6) is 9.45. The van der Waals surface area contributed by atoms with E-state index in [9.17, 15) is 18.8 Å². The molecular formula is C29H26FN5O4. The molecule has 198 valence electrons. The SMILES string of the molecule is NC[C@H](NC(=O)c1ccc(C#CC#Cc2ccc(NC(=O)CNCc3ccc(F)cc3)cc2)cc1)C(=O)NO. The van der Waals surface area contributed by atoms with Gasteiger partial charge in [0, 0.05) is 35.5 Å². The normalized spacial score (nSPS) is 10.6. The van der Waals surface area contributed by atoms with Gasteiger partial charge in [-0.1, -0.05) is 24.0 Å². The molecule has 0 radical (unpaired) electrons. The maximum Gasteiger partial charge on any atom is 0.267 e. The highest BCUT2D eigenvalue weighted by molar-refractivity contribution is 5.97.